The van der Waals surface area contributed by atoms with Crippen molar-refractivity contribution in [3.05, 3.63) is 0 Å². The molecule has 1 heterocycles. The Morgan fingerprint density at radius 1 is 1.44 bits per heavy atom. The van der Waals surface area contributed by atoms with Crippen molar-refractivity contribution in [2.45, 2.75) is 44.2 Å². The minimum atomic E-state index is 0.0696. The summed E-state index contributed by atoms with van der Waals surface area (Å²) in [5.74, 6) is 0. The summed E-state index contributed by atoms with van der Waals surface area (Å²) < 4.78 is 10.5. The maximum absolute atomic E-state index is 9.17. The molecule has 16 heavy (non-hydrogen) atoms. The second-order valence-electron chi connectivity index (χ2n) is 4.69. The summed E-state index contributed by atoms with van der Waals surface area (Å²) in [4.78, 5) is 0. The number of hydrogen-bond acceptors (Lipinski definition) is 4. The van der Waals surface area contributed by atoms with Crippen molar-refractivity contribution < 1.29 is 14.6 Å². The molecule has 0 aromatic rings. The molecule has 4 nitrogen and oxygen atoms in total. The van der Waals surface area contributed by atoms with Gasteiger partial charge in [-0.15, -0.1) is 0 Å². The highest BCUT2D eigenvalue weighted by atomic mass is 16.5. The molecule has 0 aromatic carbocycles. The molecule has 0 bridgehead atoms. The zero-order valence-corrected chi connectivity index (χ0v) is 10.5. The van der Waals surface area contributed by atoms with Crippen LogP contribution in [0.5, 0.6) is 0 Å². The standard InChI is InChI=1S/C12H25NO3/c1-11(3-8-15-2)13-12(4-7-14)5-9-16-10-6-12/h11,13-14H,3-10H2,1-2H3. The van der Waals surface area contributed by atoms with Gasteiger partial charge in [0.05, 0.1) is 0 Å². The lowest BCUT2D eigenvalue weighted by atomic mass is 9.86. The van der Waals surface area contributed by atoms with Crippen LogP contribution in [0.25, 0.3) is 0 Å². The Kier molecular flexibility index (Phi) is 6.28. The molecule has 1 atom stereocenters. The number of aliphatic hydroxyl groups excluding tert-OH is 1. The first-order valence-electron chi connectivity index (χ1n) is 6.18. The molecule has 1 rings (SSSR count). The van der Waals surface area contributed by atoms with Gasteiger partial charge in [0.1, 0.15) is 0 Å². The quantitative estimate of drug-likeness (QED) is 0.684. The molecule has 0 amide bonds. The van der Waals surface area contributed by atoms with E-state index in [9.17, 15) is 0 Å². The van der Waals surface area contributed by atoms with E-state index < -0.39 is 0 Å². The molecule has 2 N–H and O–H groups in total. The van der Waals surface area contributed by atoms with E-state index in [4.69, 9.17) is 14.6 Å². The van der Waals surface area contributed by atoms with Crippen LogP contribution in [-0.4, -0.2) is 50.2 Å². The molecule has 1 aliphatic heterocycles. The van der Waals surface area contributed by atoms with E-state index in [1.54, 1.807) is 7.11 Å². The van der Waals surface area contributed by atoms with Gasteiger partial charge in [-0.05, 0) is 32.6 Å². The van der Waals surface area contributed by atoms with Gasteiger partial charge < -0.3 is 19.9 Å². The molecule has 4 heteroatoms. The van der Waals surface area contributed by atoms with Crippen LogP contribution in [0.15, 0.2) is 0 Å². The predicted octanol–water partition coefficient (Wildman–Crippen LogP) is 0.933. The summed E-state index contributed by atoms with van der Waals surface area (Å²) in [5.41, 5.74) is 0.0696. The van der Waals surface area contributed by atoms with E-state index in [0.717, 1.165) is 45.5 Å². The van der Waals surface area contributed by atoms with Gasteiger partial charge in [0, 0.05) is 45.1 Å². The predicted molar refractivity (Wildman–Crippen MR) is 63.6 cm³/mol. The molecule has 1 saturated heterocycles. The van der Waals surface area contributed by atoms with Gasteiger partial charge in [0.25, 0.3) is 0 Å². The number of hydrogen-bond donors (Lipinski definition) is 2. The van der Waals surface area contributed by atoms with Crippen molar-refractivity contribution in [2.24, 2.45) is 0 Å². The summed E-state index contributed by atoms with van der Waals surface area (Å²) in [6.07, 6.45) is 3.80. The number of rotatable bonds is 7. The minimum Gasteiger partial charge on any atom is -0.396 e. The fraction of sp³-hybridized carbons (Fsp3) is 1.00. The molecular formula is C12H25NO3. The molecule has 0 spiro atoms. The average molecular weight is 231 g/mol. The lowest BCUT2D eigenvalue weighted by Crippen LogP contribution is -2.53. The number of ether oxygens (including phenoxy) is 2. The Hall–Kier alpha value is -0.160. The molecule has 1 unspecified atom stereocenters. The lowest BCUT2D eigenvalue weighted by molar-refractivity contribution is 0.0214. The molecule has 0 radical (unpaired) electrons. The van der Waals surface area contributed by atoms with Crippen LogP contribution < -0.4 is 5.32 Å². The summed E-state index contributed by atoms with van der Waals surface area (Å²) in [7, 11) is 1.73. The van der Waals surface area contributed by atoms with Crippen LogP contribution in [0, 0.1) is 0 Å². The first kappa shape index (κ1) is 13.9. The molecule has 1 aliphatic rings. The number of nitrogens with one attached hydrogen (secondary N) is 1. The Labute approximate surface area is 98.3 Å². The maximum atomic E-state index is 9.17. The minimum absolute atomic E-state index is 0.0696. The molecule has 0 saturated carbocycles. The van der Waals surface area contributed by atoms with Crippen molar-refractivity contribution in [1.82, 2.24) is 5.32 Å². The Balaban J connectivity index is 2.42. The summed E-state index contributed by atoms with van der Waals surface area (Å²) in [5, 5.41) is 12.8. The smallest absolute Gasteiger partial charge is 0.0483 e. The van der Waals surface area contributed by atoms with Crippen LogP contribution in [-0.2, 0) is 9.47 Å². The Morgan fingerprint density at radius 2 is 2.12 bits per heavy atom. The van der Waals surface area contributed by atoms with E-state index in [2.05, 4.69) is 12.2 Å². The highest BCUT2D eigenvalue weighted by molar-refractivity contribution is 4.91. The third-order valence-electron chi connectivity index (χ3n) is 3.35. The van der Waals surface area contributed by atoms with Gasteiger partial charge in [-0.1, -0.05) is 0 Å². The van der Waals surface area contributed by atoms with E-state index >= 15 is 0 Å². The van der Waals surface area contributed by atoms with Gasteiger partial charge in [0.15, 0.2) is 0 Å². The van der Waals surface area contributed by atoms with E-state index in [1.165, 1.54) is 0 Å². The zero-order valence-electron chi connectivity index (χ0n) is 10.5. The van der Waals surface area contributed by atoms with E-state index in [1.807, 2.05) is 0 Å². The number of methoxy groups -OCH3 is 1. The third kappa shape index (κ3) is 4.37. The Morgan fingerprint density at radius 3 is 2.69 bits per heavy atom. The second kappa shape index (κ2) is 7.22. The van der Waals surface area contributed by atoms with Crippen LogP contribution in [0.2, 0.25) is 0 Å². The highest BCUT2D eigenvalue weighted by Crippen LogP contribution is 2.25. The van der Waals surface area contributed by atoms with Crippen molar-refractivity contribution in [3.63, 3.8) is 0 Å². The summed E-state index contributed by atoms with van der Waals surface area (Å²) >= 11 is 0. The number of aliphatic hydroxyl groups is 1. The maximum Gasteiger partial charge on any atom is 0.0483 e. The fourth-order valence-electron chi connectivity index (χ4n) is 2.33. The third-order valence-corrected chi connectivity index (χ3v) is 3.35. The van der Waals surface area contributed by atoms with E-state index in [-0.39, 0.29) is 12.1 Å². The first-order valence-corrected chi connectivity index (χ1v) is 6.18. The molecular weight excluding hydrogens is 206 g/mol. The molecule has 1 fully saturated rings. The van der Waals surface area contributed by atoms with Crippen molar-refractivity contribution in [2.75, 3.05) is 33.5 Å². The van der Waals surface area contributed by atoms with Gasteiger partial charge >= 0.3 is 0 Å². The van der Waals surface area contributed by atoms with Crippen LogP contribution in [0.1, 0.15) is 32.6 Å². The summed E-state index contributed by atoms with van der Waals surface area (Å²) in [6, 6.07) is 0.421. The van der Waals surface area contributed by atoms with Crippen molar-refractivity contribution in [1.29, 1.82) is 0 Å². The largest absolute Gasteiger partial charge is 0.396 e. The van der Waals surface area contributed by atoms with Crippen molar-refractivity contribution in [3.8, 4) is 0 Å². The monoisotopic (exact) mass is 231 g/mol. The topological polar surface area (TPSA) is 50.7 Å². The first-order chi connectivity index (χ1) is 7.72. The van der Waals surface area contributed by atoms with Gasteiger partial charge in [-0.3, -0.25) is 0 Å². The van der Waals surface area contributed by atoms with Crippen molar-refractivity contribution >= 4 is 0 Å². The SMILES string of the molecule is COCCC(C)NC1(CCO)CCOCC1. The average Bonchev–Trinajstić information content (AvgIpc) is 2.28. The highest BCUT2D eigenvalue weighted by Gasteiger charge is 2.32. The normalized spacial score (nSPS) is 21.9. The van der Waals surface area contributed by atoms with Gasteiger partial charge in [-0.25, -0.2) is 0 Å². The molecule has 96 valence electrons. The second-order valence-corrected chi connectivity index (χ2v) is 4.69. The van der Waals surface area contributed by atoms with E-state index in [0.29, 0.717) is 6.04 Å². The van der Waals surface area contributed by atoms with Crippen LogP contribution in [0.3, 0.4) is 0 Å². The lowest BCUT2D eigenvalue weighted by Gasteiger charge is -2.40. The molecule has 0 aliphatic carbocycles. The summed E-state index contributed by atoms with van der Waals surface area (Å²) in [6.45, 7) is 4.78. The molecule has 0 aromatic heterocycles. The van der Waals surface area contributed by atoms with Gasteiger partial charge in [-0.2, -0.15) is 0 Å². The zero-order chi connectivity index (χ0) is 11.9. The van der Waals surface area contributed by atoms with Gasteiger partial charge in [0.2, 0.25) is 0 Å². The fourth-order valence-corrected chi connectivity index (χ4v) is 2.33. The van der Waals surface area contributed by atoms with Crippen LogP contribution >= 0.6 is 0 Å². The van der Waals surface area contributed by atoms with Crippen LogP contribution in [0.4, 0.5) is 0 Å². The Bertz CT molecular complexity index is 176.